The third kappa shape index (κ3) is 117. The van der Waals surface area contributed by atoms with Crippen molar-refractivity contribution in [1.82, 2.24) is 0 Å². The van der Waals surface area contributed by atoms with Gasteiger partial charge in [-0.25, -0.2) is 0 Å². The van der Waals surface area contributed by atoms with Gasteiger partial charge in [0.25, 0.3) is 0 Å². The Morgan fingerprint density at radius 1 is 0.429 bits per heavy atom. The van der Waals surface area contributed by atoms with Gasteiger partial charge in [-0.05, 0) is 113 Å². The molecule has 0 nitrogen and oxygen atoms in total. The van der Waals surface area contributed by atoms with Crippen LogP contribution in [0.1, 0.15) is 376 Å². The Bertz CT molecular complexity index is 800. The lowest BCUT2D eigenvalue weighted by molar-refractivity contribution is 0.397. The Morgan fingerprint density at radius 2 is 0.686 bits per heavy atom. The molecule has 0 saturated heterocycles. The molecular weight excluding hydrogens is 841 g/mol. The minimum absolute atomic E-state index is 0.542. The quantitative estimate of drug-likeness (QED) is 0.143. The molecule has 1 unspecified atom stereocenters. The summed E-state index contributed by atoms with van der Waals surface area (Å²) in [7, 11) is 0. The molecule has 0 aromatic carbocycles. The molecule has 0 bridgehead atoms. The summed E-state index contributed by atoms with van der Waals surface area (Å²) in [4.78, 5) is 0. The first-order valence-electron chi connectivity index (χ1n) is 32.1. The minimum atomic E-state index is 0.542. The summed E-state index contributed by atoms with van der Waals surface area (Å²) in [5.74, 6) is 10.7. The van der Waals surface area contributed by atoms with E-state index in [2.05, 4.69) is 228 Å². The van der Waals surface area contributed by atoms with Gasteiger partial charge in [0.05, 0.1) is 0 Å². The van der Waals surface area contributed by atoms with Gasteiger partial charge in [0, 0.05) is 0 Å². The van der Waals surface area contributed by atoms with Crippen LogP contribution in [-0.4, -0.2) is 0 Å². The third-order valence-electron chi connectivity index (χ3n) is 14.7. The predicted molar refractivity (Wildman–Crippen MR) is 339 cm³/mol. The van der Waals surface area contributed by atoms with Crippen LogP contribution in [0.5, 0.6) is 0 Å². The topological polar surface area (TPSA) is 0 Å². The first kappa shape index (κ1) is 86.7. The van der Waals surface area contributed by atoms with E-state index in [1.165, 1.54) is 148 Å². The largest absolute Gasteiger partial charge is 0.0654 e. The average molecular weight is 998 g/mol. The Morgan fingerprint density at radius 3 is 0.714 bits per heavy atom. The molecule has 4 aliphatic carbocycles. The van der Waals surface area contributed by atoms with Crippen LogP contribution in [0.2, 0.25) is 0 Å². The van der Waals surface area contributed by atoms with Crippen molar-refractivity contribution in [3.63, 3.8) is 0 Å². The van der Waals surface area contributed by atoms with Gasteiger partial charge in [0.15, 0.2) is 0 Å². The Kier molecular flexibility index (Phi) is 72.2. The smallest absolute Gasteiger partial charge is 0.0354 e. The van der Waals surface area contributed by atoms with Crippen molar-refractivity contribution in [3.05, 3.63) is 0 Å². The van der Waals surface area contributed by atoms with Crippen molar-refractivity contribution in [1.29, 1.82) is 0 Å². The number of unbranched alkanes of at least 4 members (excludes halogenated alkanes) is 3. The first-order chi connectivity index (χ1) is 32.1. The van der Waals surface area contributed by atoms with Crippen LogP contribution in [-0.2, 0) is 0 Å². The van der Waals surface area contributed by atoms with Crippen molar-refractivity contribution in [2.24, 2.45) is 81.3 Å². The molecule has 0 aliphatic heterocycles. The summed E-state index contributed by atoms with van der Waals surface area (Å²) in [6.07, 6.45) is 32.1. The van der Waals surface area contributed by atoms with Crippen molar-refractivity contribution >= 4 is 0 Å². The molecule has 0 heterocycles. The molecule has 0 spiro atoms. The summed E-state index contributed by atoms with van der Waals surface area (Å²) < 4.78 is 0. The fraction of sp³-hybridized carbons (Fsp3) is 1.00. The summed E-state index contributed by atoms with van der Waals surface area (Å²) in [5, 5.41) is 0. The molecular formula is C70H156. The van der Waals surface area contributed by atoms with E-state index >= 15 is 0 Å². The van der Waals surface area contributed by atoms with Crippen molar-refractivity contribution in [3.8, 4) is 0 Å². The average Bonchev–Trinajstić information content (AvgIpc) is 4.05. The molecule has 0 heteroatoms. The summed E-state index contributed by atoms with van der Waals surface area (Å²) in [5.41, 5.74) is 1.83. The van der Waals surface area contributed by atoms with Crippen LogP contribution in [0.15, 0.2) is 0 Å². The lowest BCUT2D eigenvalue weighted by Gasteiger charge is -2.12. The highest BCUT2D eigenvalue weighted by molar-refractivity contribution is 4.82. The molecule has 0 aromatic heterocycles. The van der Waals surface area contributed by atoms with E-state index in [9.17, 15) is 0 Å². The van der Waals surface area contributed by atoms with Gasteiger partial charge >= 0.3 is 0 Å². The highest BCUT2D eigenvalue weighted by Gasteiger charge is 2.30. The van der Waals surface area contributed by atoms with E-state index in [0.29, 0.717) is 10.8 Å². The second kappa shape index (κ2) is 58.3. The Balaban J connectivity index is -0.0000000999. The zero-order chi connectivity index (χ0) is 57.1. The predicted octanol–water partition coefficient (Wildman–Crippen LogP) is 27.3. The Hall–Kier alpha value is 0. The Labute approximate surface area is 455 Å². The molecule has 4 aliphatic rings. The van der Waals surface area contributed by atoms with Gasteiger partial charge in [-0.1, -0.05) is 344 Å². The number of hydrogen-bond acceptors (Lipinski definition) is 0. The second-order valence-electron chi connectivity index (χ2n) is 27.9. The van der Waals surface area contributed by atoms with Gasteiger partial charge in [0.1, 0.15) is 0 Å². The molecule has 4 saturated carbocycles. The van der Waals surface area contributed by atoms with E-state index in [-0.39, 0.29) is 0 Å². The van der Waals surface area contributed by atoms with Gasteiger partial charge in [-0.15, -0.1) is 0 Å². The van der Waals surface area contributed by atoms with E-state index in [1.54, 1.807) is 0 Å². The van der Waals surface area contributed by atoms with Crippen LogP contribution >= 0.6 is 0 Å². The van der Waals surface area contributed by atoms with Crippen molar-refractivity contribution < 1.29 is 0 Å². The first-order valence-corrected chi connectivity index (χ1v) is 32.1. The molecule has 436 valence electrons. The van der Waals surface area contributed by atoms with E-state index in [4.69, 9.17) is 0 Å². The summed E-state index contributed by atoms with van der Waals surface area (Å²) in [6.45, 7) is 74.3. The fourth-order valence-corrected chi connectivity index (χ4v) is 4.57. The van der Waals surface area contributed by atoms with Crippen LogP contribution in [0.4, 0.5) is 0 Å². The zero-order valence-corrected chi connectivity index (χ0v) is 57.1. The number of rotatable bonds is 15. The SMILES string of the molecule is CC(C)C(C)C.CC(C)C1CC1.CC1(C)CC1.CC1C[C@H]1C.CCC(C)(C)C.CCC(C)(C)C.CCC(C)CC.CCC(C)CC.CCCC(C)C.CCCC(C)C.CCCC1CC1.CCCCCC. The molecule has 70 heavy (non-hydrogen) atoms. The van der Waals surface area contributed by atoms with Gasteiger partial charge in [0.2, 0.25) is 0 Å². The fourth-order valence-electron chi connectivity index (χ4n) is 4.57. The third-order valence-corrected chi connectivity index (χ3v) is 14.7. The maximum atomic E-state index is 2.30. The molecule has 0 N–H and O–H groups in total. The lowest BCUT2D eigenvalue weighted by Crippen LogP contribution is -2.00. The van der Waals surface area contributed by atoms with Crippen molar-refractivity contribution in [2.75, 3.05) is 0 Å². The highest BCUT2D eigenvalue weighted by atomic mass is 14.4. The monoisotopic (exact) mass is 997 g/mol. The molecule has 0 aromatic rings. The van der Waals surface area contributed by atoms with Crippen LogP contribution < -0.4 is 0 Å². The number of hydrogen-bond donors (Lipinski definition) is 0. The van der Waals surface area contributed by atoms with E-state index in [1.807, 2.05) is 0 Å². The molecule has 0 radical (unpaired) electrons. The van der Waals surface area contributed by atoms with Crippen molar-refractivity contribution in [2.45, 2.75) is 376 Å². The molecule has 4 fully saturated rings. The molecule has 4 rings (SSSR count). The molecule has 0 amide bonds. The minimum Gasteiger partial charge on any atom is -0.0654 e. The van der Waals surface area contributed by atoms with Crippen LogP contribution in [0, 0.1) is 81.3 Å². The normalized spacial score (nSPS) is 16.6. The van der Waals surface area contributed by atoms with Crippen LogP contribution in [0.3, 0.4) is 0 Å². The van der Waals surface area contributed by atoms with Gasteiger partial charge in [-0.3, -0.25) is 0 Å². The van der Waals surface area contributed by atoms with E-state index < -0.39 is 0 Å². The highest BCUT2D eigenvalue weighted by Crippen LogP contribution is 2.43. The van der Waals surface area contributed by atoms with Crippen LogP contribution in [0.25, 0.3) is 0 Å². The second-order valence-corrected chi connectivity index (χ2v) is 27.9. The maximum absolute atomic E-state index is 2.30. The maximum Gasteiger partial charge on any atom is -0.0354 e. The standard InChI is InChI=1S/2C6H12.8C6H14.2C5H10/c1-5(2)6-3-4-6;1-2-3-6-4-5-6;2*1-5-6(2,3)4;1-5(2)6(3)4;2*1-4-5-6(2)3;2*1-4-6(3)5-2;1-3-5-6-4-2;1-5(2)3-4-5;1-4-3-5(4)2/h5-6H,3-4H2,1-2H3;6H,2-5H2,1H3;2*5H2,1-4H3;5-6H,1-4H3;4*6H,4-5H2,1-3H3;3-6H2,1-2H3;3-4H2,1-2H3;4-5H,3H2,1-2H3/t;;;;;;;;;;;4-,5?/m...........1/s1. The summed E-state index contributed by atoms with van der Waals surface area (Å²) in [6, 6.07) is 0. The zero-order valence-electron chi connectivity index (χ0n) is 57.1. The lowest BCUT2D eigenvalue weighted by atomic mass is 9.94. The summed E-state index contributed by atoms with van der Waals surface area (Å²) >= 11 is 0. The molecule has 2 atom stereocenters. The van der Waals surface area contributed by atoms with Gasteiger partial charge in [-0.2, -0.15) is 0 Å². The van der Waals surface area contributed by atoms with Gasteiger partial charge < -0.3 is 0 Å². The van der Waals surface area contributed by atoms with E-state index in [0.717, 1.165) is 70.5 Å².